The van der Waals surface area contributed by atoms with Gasteiger partial charge < -0.3 is 15.0 Å². The predicted octanol–water partition coefficient (Wildman–Crippen LogP) is 3.83. The molecule has 7 rings (SSSR count). The lowest BCUT2D eigenvalue weighted by Crippen LogP contribution is -2.62. The van der Waals surface area contributed by atoms with E-state index in [1.165, 1.54) is 38.5 Å². The molecule has 1 saturated heterocycles. The number of likely N-dealkylation sites (tertiary alicyclic amines) is 1. The molecule has 5 fully saturated rings. The molecule has 6 aliphatic rings. The van der Waals surface area contributed by atoms with Crippen LogP contribution in [0.3, 0.4) is 0 Å². The van der Waals surface area contributed by atoms with E-state index >= 15 is 0 Å². The number of carbonyl (C=O) groups is 2. The quantitative estimate of drug-likeness (QED) is 0.754. The summed E-state index contributed by atoms with van der Waals surface area (Å²) in [6, 6.07) is 7.79. The second-order valence-electron chi connectivity index (χ2n) is 10.0. The number of piperidine rings is 1. The van der Waals surface area contributed by atoms with Crippen LogP contribution in [-0.2, 0) is 10.3 Å². The zero-order valence-corrected chi connectivity index (χ0v) is 16.3. The summed E-state index contributed by atoms with van der Waals surface area (Å²) < 4.78 is 5.83. The largest absolute Gasteiger partial charge is 0.450 e. The number of benzene rings is 1. The van der Waals surface area contributed by atoms with Gasteiger partial charge in [0.05, 0.1) is 5.56 Å². The molecule has 0 aromatic heterocycles. The van der Waals surface area contributed by atoms with Crippen molar-refractivity contribution in [2.75, 3.05) is 13.1 Å². The van der Waals surface area contributed by atoms with Crippen LogP contribution in [0.25, 0.3) is 0 Å². The SMILES string of the molecule is O=C1OC2(CCN(C(=O)NC34CC5CC(CC(C5)C3)C4)CC2)c2ccccc21. The highest BCUT2D eigenvalue weighted by molar-refractivity contribution is 5.94. The average Bonchev–Trinajstić information content (AvgIpc) is 2.93. The first kappa shape index (κ1) is 16.9. The minimum absolute atomic E-state index is 0.0490. The first-order valence-electron chi connectivity index (χ1n) is 10.9. The van der Waals surface area contributed by atoms with Gasteiger partial charge in [0.2, 0.25) is 0 Å². The third kappa shape index (κ3) is 2.44. The molecule has 1 spiro atoms. The highest BCUT2D eigenvalue weighted by atomic mass is 16.6. The molecule has 28 heavy (non-hydrogen) atoms. The second-order valence-corrected chi connectivity index (χ2v) is 10.0. The molecule has 1 N–H and O–H groups in total. The van der Waals surface area contributed by atoms with Crippen molar-refractivity contribution in [1.29, 1.82) is 0 Å². The zero-order chi connectivity index (χ0) is 18.9. The van der Waals surface area contributed by atoms with Crippen molar-refractivity contribution in [3.8, 4) is 0 Å². The molecule has 4 saturated carbocycles. The fraction of sp³-hybridized carbons (Fsp3) is 0.652. The van der Waals surface area contributed by atoms with Crippen LogP contribution < -0.4 is 5.32 Å². The van der Waals surface area contributed by atoms with Gasteiger partial charge >= 0.3 is 12.0 Å². The Labute approximate surface area is 165 Å². The Morgan fingerprint density at radius 2 is 1.61 bits per heavy atom. The highest BCUT2D eigenvalue weighted by Crippen LogP contribution is 2.55. The lowest BCUT2D eigenvalue weighted by molar-refractivity contribution is -0.0402. The van der Waals surface area contributed by atoms with Gasteiger partial charge in [0.1, 0.15) is 5.60 Å². The molecule has 4 aliphatic carbocycles. The summed E-state index contributed by atoms with van der Waals surface area (Å²) >= 11 is 0. The number of hydrogen-bond acceptors (Lipinski definition) is 3. The van der Waals surface area contributed by atoms with Crippen LogP contribution in [0.4, 0.5) is 4.79 Å². The maximum absolute atomic E-state index is 13.1. The first-order chi connectivity index (χ1) is 13.5. The monoisotopic (exact) mass is 380 g/mol. The van der Waals surface area contributed by atoms with E-state index in [0.29, 0.717) is 31.5 Å². The lowest BCUT2D eigenvalue weighted by Gasteiger charge is -2.57. The Kier molecular flexibility index (Phi) is 3.46. The molecule has 0 unspecified atom stereocenters. The molecular formula is C23H28N2O3. The molecule has 2 amide bonds. The van der Waals surface area contributed by atoms with Gasteiger partial charge in [-0.25, -0.2) is 9.59 Å². The molecule has 2 aliphatic heterocycles. The Morgan fingerprint density at radius 1 is 1.00 bits per heavy atom. The fourth-order valence-electron chi connectivity index (χ4n) is 7.36. The van der Waals surface area contributed by atoms with Crippen molar-refractivity contribution >= 4 is 12.0 Å². The van der Waals surface area contributed by atoms with Gasteiger partial charge in [-0.1, -0.05) is 18.2 Å². The van der Waals surface area contributed by atoms with Crippen molar-refractivity contribution in [2.24, 2.45) is 17.8 Å². The number of carbonyl (C=O) groups excluding carboxylic acids is 2. The fourth-order valence-corrected chi connectivity index (χ4v) is 7.36. The summed E-state index contributed by atoms with van der Waals surface area (Å²) in [6.45, 7) is 1.28. The normalized spacial score (nSPS) is 37.1. The van der Waals surface area contributed by atoms with Gasteiger partial charge in [-0.15, -0.1) is 0 Å². The predicted molar refractivity (Wildman–Crippen MR) is 104 cm³/mol. The van der Waals surface area contributed by atoms with E-state index in [4.69, 9.17) is 4.74 Å². The topological polar surface area (TPSA) is 58.6 Å². The number of urea groups is 1. The van der Waals surface area contributed by atoms with Crippen LogP contribution in [0.2, 0.25) is 0 Å². The Bertz CT molecular complexity index is 805. The number of nitrogens with zero attached hydrogens (tertiary/aromatic N) is 1. The van der Waals surface area contributed by atoms with Crippen molar-refractivity contribution in [3.63, 3.8) is 0 Å². The summed E-state index contributed by atoms with van der Waals surface area (Å²) in [5, 5.41) is 3.48. The van der Waals surface area contributed by atoms with E-state index in [1.807, 2.05) is 29.2 Å². The molecule has 0 atom stereocenters. The second kappa shape index (κ2) is 5.74. The Balaban J connectivity index is 1.15. The third-order valence-corrected chi connectivity index (χ3v) is 8.19. The summed E-state index contributed by atoms with van der Waals surface area (Å²) in [5.74, 6) is 2.25. The Morgan fingerprint density at radius 3 is 2.25 bits per heavy atom. The summed E-state index contributed by atoms with van der Waals surface area (Å²) in [7, 11) is 0. The standard InChI is InChI=1S/C23H28N2O3/c26-20-18-3-1-2-4-19(18)23(28-20)5-7-25(8-6-23)21(27)24-22-12-15-9-16(13-22)11-17(10-15)14-22/h1-4,15-17H,5-14H2,(H,24,27). The van der Waals surface area contributed by atoms with Crippen LogP contribution in [0.15, 0.2) is 24.3 Å². The van der Waals surface area contributed by atoms with Crippen LogP contribution in [-0.4, -0.2) is 35.5 Å². The van der Waals surface area contributed by atoms with Crippen molar-refractivity contribution in [1.82, 2.24) is 10.2 Å². The number of ether oxygens (including phenoxy) is 1. The molecule has 2 heterocycles. The third-order valence-electron chi connectivity index (χ3n) is 8.19. The maximum atomic E-state index is 13.1. The van der Waals surface area contributed by atoms with Crippen LogP contribution in [0.1, 0.15) is 67.3 Å². The molecule has 148 valence electrons. The van der Waals surface area contributed by atoms with Gasteiger partial charge in [-0.2, -0.15) is 0 Å². The number of amides is 2. The minimum atomic E-state index is -0.537. The van der Waals surface area contributed by atoms with Crippen LogP contribution in [0, 0.1) is 17.8 Å². The van der Waals surface area contributed by atoms with Crippen LogP contribution in [0.5, 0.6) is 0 Å². The van der Waals surface area contributed by atoms with E-state index in [1.54, 1.807) is 0 Å². The van der Waals surface area contributed by atoms with E-state index in [0.717, 1.165) is 23.3 Å². The minimum Gasteiger partial charge on any atom is -0.450 e. The van der Waals surface area contributed by atoms with E-state index in [2.05, 4.69) is 5.32 Å². The number of hydrogen-bond donors (Lipinski definition) is 1. The van der Waals surface area contributed by atoms with E-state index < -0.39 is 5.60 Å². The summed E-state index contributed by atoms with van der Waals surface area (Å²) in [6.07, 6.45) is 9.03. The lowest BCUT2D eigenvalue weighted by atomic mass is 9.53. The molecule has 4 bridgehead atoms. The van der Waals surface area contributed by atoms with Gasteiger partial charge in [-0.05, 0) is 62.3 Å². The molecule has 0 radical (unpaired) electrons. The summed E-state index contributed by atoms with van der Waals surface area (Å²) in [5.41, 5.74) is 1.20. The molecule has 5 heteroatoms. The van der Waals surface area contributed by atoms with Gasteiger partial charge in [0.25, 0.3) is 0 Å². The summed E-state index contributed by atoms with van der Waals surface area (Å²) in [4.78, 5) is 27.3. The smallest absolute Gasteiger partial charge is 0.339 e. The van der Waals surface area contributed by atoms with Gasteiger partial charge in [0.15, 0.2) is 0 Å². The van der Waals surface area contributed by atoms with Gasteiger partial charge in [-0.3, -0.25) is 0 Å². The molecule has 1 aromatic carbocycles. The molecular weight excluding hydrogens is 352 g/mol. The van der Waals surface area contributed by atoms with Crippen molar-refractivity contribution in [3.05, 3.63) is 35.4 Å². The van der Waals surface area contributed by atoms with E-state index in [-0.39, 0.29) is 17.5 Å². The van der Waals surface area contributed by atoms with Crippen LogP contribution >= 0.6 is 0 Å². The van der Waals surface area contributed by atoms with Gasteiger partial charge in [0, 0.05) is 37.0 Å². The maximum Gasteiger partial charge on any atom is 0.339 e. The average molecular weight is 380 g/mol. The number of esters is 1. The van der Waals surface area contributed by atoms with E-state index in [9.17, 15) is 9.59 Å². The van der Waals surface area contributed by atoms with Crippen molar-refractivity contribution in [2.45, 2.75) is 62.5 Å². The number of fused-ring (bicyclic) bond motifs is 2. The molecule has 5 nitrogen and oxygen atoms in total. The Hall–Kier alpha value is -2.04. The number of nitrogens with one attached hydrogen (secondary N) is 1. The highest BCUT2D eigenvalue weighted by Gasteiger charge is 2.53. The number of rotatable bonds is 1. The zero-order valence-electron chi connectivity index (χ0n) is 16.3. The van der Waals surface area contributed by atoms with Crippen molar-refractivity contribution < 1.29 is 14.3 Å². The first-order valence-corrected chi connectivity index (χ1v) is 10.9. The molecule has 1 aromatic rings.